The van der Waals surface area contributed by atoms with Crippen LogP contribution in [-0.2, 0) is 0 Å². The summed E-state index contributed by atoms with van der Waals surface area (Å²) in [5.41, 5.74) is 2.21. The molecule has 1 aliphatic heterocycles. The van der Waals surface area contributed by atoms with Crippen molar-refractivity contribution in [2.24, 2.45) is 0 Å². The van der Waals surface area contributed by atoms with Crippen molar-refractivity contribution in [2.75, 3.05) is 18.0 Å². The van der Waals surface area contributed by atoms with Crippen molar-refractivity contribution < 1.29 is 5.11 Å². The van der Waals surface area contributed by atoms with Gasteiger partial charge in [-0.1, -0.05) is 0 Å². The number of hydrogen-bond donors (Lipinski definition) is 1. The van der Waals surface area contributed by atoms with E-state index in [1.165, 1.54) is 5.69 Å². The lowest BCUT2D eigenvalue weighted by Gasteiger charge is -2.31. The zero-order valence-corrected chi connectivity index (χ0v) is 8.48. The fraction of sp³-hybridized carbons (Fsp3) is 0.545. The smallest absolute Gasteiger partial charge is 0.0715 e. The summed E-state index contributed by atoms with van der Waals surface area (Å²) >= 11 is 0. The first kappa shape index (κ1) is 9.46. The Kier molecular flexibility index (Phi) is 2.68. The molecule has 1 unspecified atom stereocenters. The van der Waals surface area contributed by atoms with E-state index in [4.69, 9.17) is 0 Å². The van der Waals surface area contributed by atoms with Gasteiger partial charge in [0, 0.05) is 30.7 Å². The average molecular weight is 192 g/mol. The third kappa shape index (κ3) is 2.04. The van der Waals surface area contributed by atoms with Crippen LogP contribution in [-0.4, -0.2) is 29.3 Å². The highest BCUT2D eigenvalue weighted by atomic mass is 16.3. The lowest BCUT2D eigenvalue weighted by Crippen LogP contribution is -2.38. The van der Waals surface area contributed by atoms with Crippen LogP contribution in [0.4, 0.5) is 5.69 Å². The molecule has 2 rings (SSSR count). The van der Waals surface area contributed by atoms with Gasteiger partial charge >= 0.3 is 0 Å². The Hall–Kier alpha value is -1.09. The van der Waals surface area contributed by atoms with Gasteiger partial charge in [-0.25, -0.2) is 0 Å². The number of pyridine rings is 1. The molecule has 1 aliphatic rings. The van der Waals surface area contributed by atoms with Gasteiger partial charge in [0.2, 0.25) is 0 Å². The summed E-state index contributed by atoms with van der Waals surface area (Å²) in [6, 6.07) is 4.07. The van der Waals surface area contributed by atoms with Gasteiger partial charge in [-0.15, -0.1) is 0 Å². The van der Waals surface area contributed by atoms with Crippen LogP contribution in [0.5, 0.6) is 0 Å². The zero-order chi connectivity index (χ0) is 9.97. The Morgan fingerprint density at radius 3 is 3.14 bits per heavy atom. The van der Waals surface area contributed by atoms with Gasteiger partial charge in [0.05, 0.1) is 6.10 Å². The molecule has 3 nitrogen and oxygen atoms in total. The van der Waals surface area contributed by atoms with E-state index in [1.54, 1.807) is 0 Å². The summed E-state index contributed by atoms with van der Waals surface area (Å²) in [6.07, 6.45) is 3.66. The first-order chi connectivity index (χ1) is 6.75. The van der Waals surface area contributed by atoms with E-state index in [1.807, 2.05) is 19.2 Å². The Morgan fingerprint density at radius 1 is 1.57 bits per heavy atom. The minimum atomic E-state index is -0.169. The fourth-order valence-electron chi connectivity index (χ4n) is 1.92. The molecule has 1 fully saturated rings. The normalized spacial score (nSPS) is 22.4. The molecule has 3 heteroatoms. The Balaban J connectivity index is 2.14. The van der Waals surface area contributed by atoms with Crippen LogP contribution >= 0.6 is 0 Å². The summed E-state index contributed by atoms with van der Waals surface area (Å²) in [6.45, 7) is 3.79. The molecule has 0 spiro atoms. The summed E-state index contributed by atoms with van der Waals surface area (Å²) < 4.78 is 0. The number of aliphatic hydroxyl groups is 1. The first-order valence-corrected chi connectivity index (χ1v) is 5.11. The van der Waals surface area contributed by atoms with Gasteiger partial charge in [0.25, 0.3) is 0 Å². The zero-order valence-electron chi connectivity index (χ0n) is 8.48. The molecule has 1 aromatic heterocycles. The molecule has 14 heavy (non-hydrogen) atoms. The highest BCUT2D eigenvalue weighted by Crippen LogP contribution is 2.19. The first-order valence-electron chi connectivity index (χ1n) is 5.11. The number of hydrogen-bond acceptors (Lipinski definition) is 3. The lowest BCUT2D eigenvalue weighted by molar-refractivity contribution is 0.154. The third-order valence-electron chi connectivity index (χ3n) is 2.64. The molecule has 0 saturated carbocycles. The fourth-order valence-corrected chi connectivity index (χ4v) is 1.92. The summed E-state index contributed by atoms with van der Waals surface area (Å²) in [5, 5.41) is 9.55. The molecule has 0 bridgehead atoms. The van der Waals surface area contributed by atoms with Crippen LogP contribution in [0.15, 0.2) is 18.3 Å². The van der Waals surface area contributed by atoms with Crippen LogP contribution in [0.25, 0.3) is 0 Å². The van der Waals surface area contributed by atoms with Gasteiger partial charge in [-0.3, -0.25) is 4.98 Å². The molecular formula is C11H16N2O. The second kappa shape index (κ2) is 3.96. The summed E-state index contributed by atoms with van der Waals surface area (Å²) in [7, 11) is 0. The maximum atomic E-state index is 9.55. The molecule has 76 valence electrons. The number of aliphatic hydroxyl groups excluding tert-OH is 1. The quantitative estimate of drug-likeness (QED) is 0.729. The standard InChI is InChI=1S/C11H16N2O/c1-9-7-10(4-5-12-9)13-6-2-3-11(14)8-13/h4-5,7,11,14H,2-3,6,8H2,1H3. The number of piperidine rings is 1. The monoisotopic (exact) mass is 192 g/mol. The van der Waals surface area contributed by atoms with E-state index in [0.717, 1.165) is 31.6 Å². The molecule has 0 amide bonds. The Labute approximate surface area is 84.4 Å². The predicted molar refractivity (Wildman–Crippen MR) is 56.4 cm³/mol. The molecule has 1 N–H and O–H groups in total. The van der Waals surface area contributed by atoms with Crippen LogP contribution < -0.4 is 4.90 Å². The van der Waals surface area contributed by atoms with Crippen LogP contribution in [0.2, 0.25) is 0 Å². The van der Waals surface area contributed by atoms with E-state index in [0.29, 0.717) is 0 Å². The highest BCUT2D eigenvalue weighted by molar-refractivity contribution is 5.46. The van der Waals surface area contributed by atoms with E-state index in [-0.39, 0.29) is 6.10 Å². The Morgan fingerprint density at radius 2 is 2.43 bits per heavy atom. The highest BCUT2D eigenvalue weighted by Gasteiger charge is 2.17. The van der Waals surface area contributed by atoms with Crippen molar-refractivity contribution >= 4 is 5.69 Å². The van der Waals surface area contributed by atoms with Gasteiger partial charge in [0.1, 0.15) is 0 Å². The van der Waals surface area contributed by atoms with E-state index < -0.39 is 0 Å². The summed E-state index contributed by atoms with van der Waals surface area (Å²) in [4.78, 5) is 6.39. The van der Waals surface area contributed by atoms with Crippen molar-refractivity contribution in [3.05, 3.63) is 24.0 Å². The number of nitrogens with zero attached hydrogens (tertiary/aromatic N) is 2. The molecule has 1 aromatic rings. The van der Waals surface area contributed by atoms with E-state index in [2.05, 4.69) is 16.0 Å². The second-order valence-electron chi connectivity index (χ2n) is 3.90. The lowest BCUT2D eigenvalue weighted by atomic mass is 10.1. The SMILES string of the molecule is Cc1cc(N2CCCC(O)C2)ccn1. The minimum absolute atomic E-state index is 0.169. The van der Waals surface area contributed by atoms with Crippen molar-refractivity contribution in [1.29, 1.82) is 0 Å². The number of β-amino-alcohol motifs (C(OH)–C–C–N with tert-alkyl or cyclic N) is 1. The van der Waals surface area contributed by atoms with Crippen molar-refractivity contribution in [1.82, 2.24) is 4.98 Å². The molecule has 2 heterocycles. The molecular weight excluding hydrogens is 176 g/mol. The molecule has 0 radical (unpaired) electrons. The van der Waals surface area contributed by atoms with Crippen LogP contribution in [0.3, 0.4) is 0 Å². The van der Waals surface area contributed by atoms with Gasteiger partial charge in [0.15, 0.2) is 0 Å². The predicted octanol–water partition coefficient (Wildman–Crippen LogP) is 1.35. The summed E-state index contributed by atoms with van der Waals surface area (Å²) in [5.74, 6) is 0. The largest absolute Gasteiger partial charge is 0.391 e. The average Bonchev–Trinajstić information content (AvgIpc) is 2.18. The molecule has 1 atom stereocenters. The number of aromatic nitrogens is 1. The number of anilines is 1. The van der Waals surface area contributed by atoms with Crippen molar-refractivity contribution in [2.45, 2.75) is 25.9 Å². The minimum Gasteiger partial charge on any atom is -0.391 e. The van der Waals surface area contributed by atoms with Gasteiger partial charge < -0.3 is 10.0 Å². The maximum absolute atomic E-state index is 9.55. The van der Waals surface area contributed by atoms with E-state index >= 15 is 0 Å². The number of rotatable bonds is 1. The van der Waals surface area contributed by atoms with Gasteiger partial charge in [-0.05, 0) is 31.9 Å². The maximum Gasteiger partial charge on any atom is 0.0715 e. The van der Waals surface area contributed by atoms with E-state index in [9.17, 15) is 5.11 Å². The second-order valence-corrected chi connectivity index (χ2v) is 3.90. The Bertz CT molecular complexity index is 314. The molecule has 1 saturated heterocycles. The molecule has 0 aliphatic carbocycles. The number of aryl methyl sites for hydroxylation is 1. The molecule has 0 aromatic carbocycles. The van der Waals surface area contributed by atoms with Crippen molar-refractivity contribution in [3.63, 3.8) is 0 Å². The third-order valence-corrected chi connectivity index (χ3v) is 2.64. The van der Waals surface area contributed by atoms with Crippen LogP contribution in [0, 0.1) is 6.92 Å². The van der Waals surface area contributed by atoms with Crippen molar-refractivity contribution in [3.8, 4) is 0 Å². The van der Waals surface area contributed by atoms with Gasteiger partial charge in [-0.2, -0.15) is 0 Å². The van der Waals surface area contributed by atoms with Crippen LogP contribution in [0.1, 0.15) is 18.5 Å². The topological polar surface area (TPSA) is 36.4 Å².